The number of anilines is 1. The molecule has 168 valence electrons. The van der Waals surface area contributed by atoms with Crippen molar-refractivity contribution in [2.24, 2.45) is 5.10 Å². The van der Waals surface area contributed by atoms with Gasteiger partial charge in [-0.05, 0) is 73.2 Å². The van der Waals surface area contributed by atoms with Crippen LogP contribution in [-0.2, 0) is 9.59 Å². The van der Waals surface area contributed by atoms with Crippen LogP contribution in [0.1, 0.15) is 22.8 Å². The zero-order valence-corrected chi connectivity index (χ0v) is 18.6. The third kappa shape index (κ3) is 6.61. The van der Waals surface area contributed by atoms with Gasteiger partial charge in [0.1, 0.15) is 11.6 Å². The van der Waals surface area contributed by atoms with E-state index in [9.17, 15) is 18.8 Å². The summed E-state index contributed by atoms with van der Waals surface area (Å²) in [7, 11) is 0. The van der Waals surface area contributed by atoms with Gasteiger partial charge in [-0.3, -0.25) is 9.59 Å². The van der Waals surface area contributed by atoms with Crippen molar-refractivity contribution in [3.05, 3.63) is 93.7 Å². The van der Waals surface area contributed by atoms with Gasteiger partial charge in [0.05, 0.1) is 16.3 Å². The van der Waals surface area contributed by atoms with E-state index in [0.717, 1.165) is 6.07 Å². The number of carbonyl (C=O) groups excluding carboxylic acids is 3. The highest BCUT2D eigenvalue weighted by atomic mass is 35.5. The minimum Gasteiger partial charge on any atom is -0.423 e. The molecule has 3 rings (SSSR count). The first-order valence-corrected chi connectivity index (χ1v) is 10.2. The second-order valence-electron chi connectivity index (χ2n) is 6.65. The first-order valence-electron chi connectivity index (χ1n) is 9.42. The zero-order valence-electron chi connectivity index (χ0n) is 17.1. The van der Waals surface area contributed by atoms with Gasteiger partial charge in [0, 0.05) is 10.7 Å². The standard InChI is InChI=1S/C23H16Cl2FN3O4/c1-13(28-29-22(31)21(30)27-17-7-10-20(26)19(25)12-17)14-5-8-18(9-6-14)33-23(32)15-3-2-4-16(24)11-15/h2-12H,1H3,(H,27,30)(H,29,31)/b28-13+. The van der Waals surface area contributed by atoms with E-state index in [-0.39, 0.29) is 10.7 Å². The van der Waals surface area contributed by atoms with Crippen molar-refractivity contribution in [3.63, 3.8) is 0 Å². The van der Waals surface area contributed by atoms with Crippen molar-refractivity contribution in [3.8, 4) is 5.75 Å². The Labute approximate surface area is 198 Å². The number of ether oxygens (including phenoxy) is 1. The summed E-state index contributed by atoms with van der Waals surface area (Å²) in [5.74, 6) is -2.93. The lowest BCUT2D eigenvalue weighted by Gasteiger charge is -2.07. The van der Waals surface area contributed by atoms with Crippen LogP contribution in [0.4, 0.5) is 10.1 Å². The summed E-state index contributed by atoms with van der Waals surface area (Å²) in [6, 6.07) is 16.3. The number of amides is 2. The predicted molar refractivity (Wildman–Crippen MR) is 123 cm³/mol. The molecule has 0 spiro atoms. The third-order valence-electron chi connectivity index (χ3n) is 4.25. The average Bonchev–Trinajstić information content (AvgIpc) is 2.80. The molecule has 33 heavy (non-hydrogen) atoms. The molecule has 0 radical (unpaired) electrons. The number of nitrogens with zero attached hydrogens (tertiary/aromatic N) is 1. The SMILES string of the molecule is C/C(=N\NC(=O)C(=O)Nc1ccc(F)c(Cl)c1)c1ccc(OC(=O)c2cccc(Cl)c2)cc1. The second kappa shape index (κ2) is 10.7. The van der Waals surface area contributed by atoms with Crippen LogP contribution in [0.15, 0.2) is 71.8 Å². The van der Waals surface area contributed by atoms with E-state index in [0.29, 0.717) is 27.6 Å². The van der Waals surface area contributed by atoms with E-state index in [1.807, 2.05) is 0 Å². The molecule has 2 amide bonds. The minimum atomic E-state index is -1.03. The first-order chi connectivity index (χ1) is 15.7. The minimum absolute atomic E-state index is 0.158. The van der Waals surface area contributed by atoms with E-state index in [1.165, 1.54) is 18.2 Å². The largest absolute Gasteiger partial charge is 0.423 e. The number of benzene rings is 3. The Morgan fingerprint density at radius 2 is 1.64 bits per heavy atom. The maximum atomic E-state index is 13.2. The lowest BCUT2D eigenvalue weighted by Crippen LogP contribution is -2.32. The Morgan fingerprint density at radius 3 is 2.30 bits per heavy atom. The lowest BCUT2D eigenvalue weighted by atomic mass is 10.1. The number of esters is 1. The summed E-state index contributed by atoms with van der Waals surface area (Å²) < 4.78 is 18.5. The van der Waals surface area contributed by atoms with Gasteiger partial charge in [0.15, 0.2) is 0 Å². The smallest absolute Gasteiger partial charge is 0.343 e. The molecular weight excluding hydrogens is 472 g/mol. The van der Waals surface area contributed by atoms with Gasteiger partial charge >= 0.3 is 17.8 Å². The average molecular weight is 488 g/mol. The fourth-order valence-corrected chi connectivity index (χ4v) is 2.93. The van der Waals surface area contributed by atoms with Gasteiger partial charge in [0.25, 0.3) is 0 Å². The molecule has 3 aromatic carbocycles. The number of hydrogen-bond acceptors (Lipinski definition) is 5. The maximum absolute atomic E-state index is 13.2. The fraction of sp³-hybridized carbons (Fsp3) is 0.0435. The quantitative estimate of drug-likeness (QED) is 0.177. The van der Waals surface area contributed by atoms with E-state index in [1.54, 1.807) is 49.4 Å². The first kappa shape index (κ1) is 23.9. The van der Waals surface area contributed by atoms with E-state index in [4.69, 9.17) is 27.9 Å². The summed E-state index contributed by atoms with van der Waals surface area (Å²) in [6.07, 6.45) is 0. The third-order valence-corrected chi connectivity index (χ3v) is 4.78. The molecule has 2 N–H and O–H groups in total. The van der Waals surface area contributed by atoms with Crippen LogP contribution in [0.2, 0.25) is 10.0 Å². The highest BCUT2D eigenvalue weighted by molar-refractivity contribution is 6.40. The summed E-state index contributed by atoms with van der Waals surface area (Å²) in [4.78, 5) is 36.1. The molecule has 0 saturated carbocycles. The van der Waals surface area contributed by atoms with E-state index < -0.39 is 23.6 Å². The maximum Gasteiger partial charge on any atom is 0.343 e. The normalized spacial score (nSPS) is 11.0. The van der Waals surface area contributed by atoms with Crippen molar-refractivity contribution in [2.45, 2.75) is 6.92 Å². The van der Waals surface area contributed by atoms with Crippen molar-refractivity contribution < 1.29 is 23.5 Å². The molecule has 0 heterocycles. The van der Waals surface area contributed by atoms with E-state index >= 15 is 0 Å². The van der Waals surface area contributed by atoms with Crippen molar-refractivity contribution in [1.29, 1.82) is 0 Å². The van der Waals surface area contributed by atoms with Crippen molar-refractivity contribution in [2.75, 3.05) is 5.32 Å². The molecule has 0 aromatic heterocycles. The van der Waals surface area contributed by atoms with Gasteiger partial charge in [-0.2, -0.15) is 5.10 Å². The van der Waals surface area contributed by atoms with Crippen molar-refractivity contribution in [1.82, 2.24) is 5.43 Å². The summed E-state index contributed by atoms with van der Waals surface area (Å²) in [5, 5.41) is 6.40. The van der Waals surface area contributed by atoms with Gasteiger partial charge in [0.2, 0.25) is 0 Å². The monoisotopic (exact) mass is 487 g/mol. The topological polar surface area (TPSA) is 96.9 Å². The fourth-order valence-electron chi connectivity index (χ4n) is 2.56. The highest BCUT2D eigenvalue weighted by Crippen LogP contribution is 2.19. The Balaban J connectivity index is 1.57. The molecule has 0 aliphatic heterocycles. The number of nitrogens with one attached hydrogen (secondary N) is 2. The highest BCUT2D eigenvalue weighted by Gasteiger charge is 2.14. The number of hydrogen-bond donors (Lipinski definition) is 2. The van der Waals surface area contributed by atoms with Crippen molar-refractivity contribution >= 4 is 52.4 Å². The van der Waals surface area contributed by atoms with Crippen LogP contribution >= 0.6 is 23.2 Å². The molecule has 0 atom stereocenters. The summed E-state index contributed by atoms with van der Waals surface area (Å²) in [6.45, 7) is 1.62. The van der Waals surface area contributed by atoms with E-state index in [2.05, 4.69) is 15.8 Å². The summed E-state index contributed by atoms with van der Waals surface area (Å²) in [5.41, 5.74) is 3.61. The number of carbonyl (C=O) groups is 3. The zero-order chi connectivity index (χ0) is 24.0. The van der Waals surface area contributed by atoms with Crippen LogP contribution in [0.3, 0.4) is 0 Å². The molecule has 0 bridgehead atoms. The Kier molecular flexibility index (Phi) is 7.76. The number of halogens is 3. The Hall–Kier alpha value is -3.75. The van der Waals surface area contributed by atoms with Crippen LogP contribution in [0.5, 0.6) is 5.75 Å². The van der Waals surface area contributed by atoms with Crippen LogP contribution < -0.4 is 15.5 Å². The predicted octanol–water partition coefficient (Wildman–Crippen LogP) is 4.83. The lowest BCUT2D eigenvalue weighted by molar-refractivity contribution is -0.136. The molecule has 0 aliphatic rings. The number of rotatable bonds is 5. The number of hydrazone groups is 1. The second-order valence-corrected chi connectivity index (χ2v) is 7.49. The van der Waals surface area contributed by atoms with Crippen LogP contribution in [0, 0.1) is 5.82 Å². The van der Waals surface area contributed by atoms with Gasteiger partial charge in [-0.25, -0.2) is 14.6 Å². The van der Waals surface area contributed by atoms with Gasteiger partial charge < -0.3 is 10.1 Å². The Bertz CT molecular complexity index is 1250. The molecule has 0 fully saturated rings. The molecule has 0 saturated heterocycles. The van der Waals surface area contributed by atoms with Crippen LogP contribution in [-0.4, -0.2) is 23.5 Å². The molecule has 7 nitrogen and oxygen atoms in total. The van der Waals surface area contributed by atoms with Gasteiger partial charge in [-0.1, -0.05) is 29.3 Å². The summed E-state index contributed by atoms with van der Waals surface area (Å²) >= 11 is 11.5. The molecule has 0 unspecified atom stereocenters. The Morgan fingerprint density at radius 1 is 0.909 bits per heavy atom. The molecule has 3 aromatic rings. The molecule has 0 aliphatic carbocycles. The van der Waals surface area contributed by atoms with Crippen LogP contribution in [0.25, 0.3) is 0 Å². The van der Waals surface area contributed by atoms with Gasteiger partial charge in [-0.15, -0.1) is 0 Å². The molecular formula is C23H16Cl2FN3O4. The molecule has 10 heteroatoms.